The SMILES string of the molecule is COc1cccc(CNc2ncccc2Br)c1. The lowest BCUT2D eigenvalue weighted by Gasteiger charge is -2.08. The fourth-order valence-electron chi connectivity index (χ4n) is 1.48. The Balaban J connectivity index is 2.05. The zero-order valence-corrected chi connectivity index (χ0v) is 11.1. The molecule has 0 bridgehead atoms. The zero-order chi connectivity index (χ0) is 12.1. The van der Waals surface area contributed by atoms with E-state index in [1.807, 2.05) is 36.4 Å². The Labute approximate surface area is 109 Å². The minimum absolute atomic E-state index is 0.715. The molecule has 1 aromatic carbocycles. The van der Waals surface area contributed by atoms with E-state index in [9.17, 15) is 0 Å². The van der Waals surface area contributed by atoms with E-state index in [4.69, 9.17) is 4.74 Å². The largest absolute Gasteiger partial charge is 0.497 e. The molecular weight excluding hydrogens is 280 g/mol. The lowest BCUT2D eigenvalue weighted by Crippen LogP contribution is -2.01. The summed E-state index contributed by atoms with van der Waals surface area (Å²) in [7, 11) is 1.67. The molecule has 0 aliphatic heterocycles. The van der Waals surface area contributed by atoms with Crippen LogP contribution in [0.2, 0.25) is 0 Å². The third kappa shape index (κ3) is 3.20. The van der Waals surface area contributed by atoms with Crippen molar-refractivity contribution < 1.29 is 4.74 Å². The van der Waals surface area contributed by atoms with Crippen molar-refractivity contribution in [1.29, 1.82) is 0 Å². The summed E-state index contributed by atoms with van der Waals surface area (Å²) in [6.07, 6.45) is 1.76. The minimum Gasteiger partial charge on any atom is -0.497 e. The molecule has 2 rings (SSSR count). The number of anilines is 1. The molecule has 88 valence electrons. The number of aromatic nitrogens is 1. The molecule has 0 aliphatic carbocycles. The summed E-state index contributed by atoms with van der Waals surface area (Å²) in [4.78, 5) is 4.25. The maximum absolute atomic E-state index is 5.18. The van der Waals surface area contributed by atoms with Crippen molar-refractivity contribution in [3.8, 4) is 5.75 Å². The smallest absolute Gasteiger partial charge is 0.140 e. The number of nitrogens with one attached hydrogen (secondary N) is 1. The van der Waals surface area contributed by atoms with Gasteiger partial charge in [-0.15, -0.1) is 0 Å². The number of rotatable bonds is 4. The van der Waals surface area contributed by atoms with E-state index >= 15 is 0 Å². The fourth-order valence-corrected chi connectivity index (χ4v) is 1.88. The molecule has 0 saturated carbocycles. The van der Waals surface area contributed by atoms with Crippen molar-refractivity contribution >= 4 is 21.7 Å². The Morgan fingerprint density at radius 3 is 2.94 bits per heavy atom. The van der Waals surface area contributed by atoms with E-state index in [2.05, 4.69) is 26.2 Å². The van der Waals surface area contributed by atoms with Gasteiger partial charge in [0.1, 0.15) is 11.6 Å². The molecule has 2 aromatic rings. The second-order valence-electron chi connectivity index (χ2n) is 3.54. The number of benzene rings is 1. The number of nitrogens with zero attached hydrogens (tertiary/aromatic N) is 1. The third-order valence-electron chi connectivity index (χ3n) is 2.35. The summed E-state index contributed by atoms with van der Waals surface area (Å²) in [6.45, 7) is 0.715. The molecular formula is C13H13BrN2O. The van der Waals surface area contributed by atoms with Crippen molar-refractivity contribution in [1.82, 2.24) is 4.98 Å². The van der Waals surface area contributed by atoms with Crippen molar-refractivity contribution in [2.24, 2.45) is 0 Å². The molecule has 0 radical (unpaired) electrons. The van der Waals surface area contributed by atoms with Crippen LogP contribution in [0.1, 0.15) is 5.56 Å². The van der Waals surface area contributed by atoms with Crippen LogP contribution in [0.5, 0.6) is 5.75 Å². The van der Waals surface area contributed by atoms with Gasteiger partial charge >= 0.3 is 0 Å². The minimum atomic E-state index is 0.715. The summed E-state index contributed by atoms with van der Waals surface area (Å²) >= 11 is 3.45. The lowest BCUT2D eigenvalue weighted by molar-refractivity contribution is 0.414. The van der Waals surface area contributed by atoms with E-state index in [0.29, 0.717) is 6.54 Å². The van der Waals surface area contributed by atoms with Gasteiger partial charge in [-0.1, -0.05) is 12.1 Å². The topological polar surface area (TPSA) is 34.1 Å². The van der Waals surface area contributed by atoms with Crippen molar-refractivity contribution in [3.05, 3.63) is 52.6 Å². The van der Waals surface area contributed by atoms with Crippen molar-refractivity contribution in [2.75, 3.05) is 12.4 Å². The molecule has 0 aliphatic rings. The average molecular weight is 293 g/mol. The van der Waals surface area contributed by atoms with E-state index in [1.165, 1.54) is 0 Å². The highest BCUT2D eigenvalue weighted by Crippen LogP contribution is 2.20. The Morgan fingerprint density at radius 1 is 1.29 bits per heavy atom. The van der Waals surface area contributed by atoms with Crippen LogP contribution in [0.3, 0.4) is 0 Å². The maximum atomic E-state index is 5.18. The van der Waals surface area contributed by atoms with Crippen LogP contribution >= 0.6 is 15.9 Å². The molecule has 3 nitrogen and oxygen atoms in total. The molecule has 0 spiro atoms. The summed E-state index contributed by atoms with van der Waals surface area (Å²) in [5.74, 6) is 1.71. The zero-order valence-electron chi connectivity index (χ0n) is 9.48. The Morgan fingerprint density at radius 2 is 2.18 bits per heavy atom. The molecule has 1 N–H and O–H groups in total. The number of ether oxygens (including phenoxy) is 1. The predicted octanol–water partition coefficient (Wildman–Crippen LogP) is 3.46. The third-order valence-corrected chi connectivity index (χ3v) is 2.99. The summed E-state index contributed by atoms with van der Waals surface area (Å²) in [5, 5.41) is 3.27. The maximum Gasteiger partial charge on any atom is 0.140 e. The first-order valence-corrected chi connectivity index (χ1v) is 6.06. The van der Waals surface area contributed by atoms with Gasteiger partial charge in [0.2, 0.25) is 0 Å². The highest BCUT2D eigenvalue weighted by atomic mass is 79.9. The predicted molar refractivity (Wildman–Crippen MR) is 72.3 cm³/mol. The van der Waals surface area contributed by atoms with Crippen molar-refractivity contribution in [3.63, 3.8) is 0 Å². The van der Waals surface area contributed by atoms with E-state index in [1.54, 1.807) is 13.3 Å². The van der Waals surface area contributed by atoms with Crippen LogP contribution < -0.4 is 10.1 Å². The van der Waals surface area contributed by atoms with Gasteiger partial charge < -0.3 is 10.1 Å². The van der Waals surface area contributed by atoms with Gasteiger partial charge in [0.05, 0.1) is 11.6 Å². The Hall–Kier alpha value is -1.55. The fraction of sp³-hybridized carbons (Fsp3) is 0.154. The van der Waals surface area contributed by atoms with E-state index < -0.39 is 0 Å². The molecule has 0 fully saturated rings. The lowest BCUT2D eigenvalue weighted by atomic mass is 10.2. The van der Waals surface area contributed by atoms with Gasteiger partial charge in [0, 0.05) is 12.7 Å². The number of hydrogen-bond donors (Lipinski definition) is 1. The standard InChI is InChI=1S/C13H13BrN2O/c1-17-11-5-2-4-10(8-11)9-16-13-12(14)6-3-7-15-13/h2-8H,9H2,1H3,(H,15,16). The highest BCUT2D eigenvalue weighted by molar-refractivity contribution is 9.10. The molecule has 4 heteroatoms. The first-order valence-electron chi connectivity index (χ1n) is 5.27. The first-order chi connectivity index (χ1) is 8.29. The average Bonchev–Trinajstić information content (AvgIpc) is 2.38. The number of methoxy groups -OCH3 is 1. The van der Waals surface area contributed by atoms with Gasteiger partial charge in [0.25, 0.3) is 0 Å². The Kier molecular flexibility index (Phi) is 3.98. The van der Waals surface area contributed by atoms with E-state index in [-0.39, 0.29) is 0 Å². The number of hydrogen-bond acceptors (Lipinski definition) is 3. The van der Waals surface area contributed by atoms with Crippen LogP contribution in [0, 0.1) is 0 Å². The van der Waals surface area contributed by atoms with Gasteiger partial charge in [-0.05, 0) is 45.8 Å². The normalized spacial score (nSPS) is 10.0. The molecule has 0 atom stereocenters. The summed E-state index contributed by atoms with van der Waals surface area (Å²) in [6, 6.07) is 11.8. The van der Waals surface area contributed by atoms with Gasteiger partial charge in [0.15, 0.2) is 0 Å². The number of halogens is 1. The quantitative estimate of drug-likeness (QED) is 0.937. The first kappa shape index (κ1) is 11.9. The van der Waals surface area contributed by atoms with Crippen LogP contribution in [0.15, 0.2) is 47.1 Å². The summed E-state index contributed by atoms with van der Waals surface area (Å²) < 4.78 is 6.14. The summed E-state index contributed by atoms with van der Waals surface area (Å²) in [5.41, 5.74) is 1.15. The molecule has 0 amide bonds. The van der Waals surface area contributed by atoms with Crippen LogP contribution in [0.4, 0.5) is 5.82 Å². The molecule has 17 heavy (non-hydrogen) atoms. The van der Waals surface area contributed by atoms with Gasteiger partial charge in [-0.2, -0.15) is 0 Å². The van der Waals surface area contributed by atoms with Crippen molar-refractivity contribution in [2.45, 2.75) is 6.54 Å². The second kappa shape index (κ2) is 5.68. The molecule has 1 aromatic heterocycles. The number of pyridine rings is 1. The van der Waals surface area contributed by atoms with Gasteiger partial charge in [-0.25, -0.2) is 4.98 Å². The molecule has 1 heterocycles. The second-order valence-corrected chi connectivity index (χ2v) is 4.39. The highest BCUT2D eigenvalue weighted by Gasteiger charge is 2.00. The monoisotopic (exact) mass is 292 g/mol. The van der Waals surface area contributed by atoms with E-state index in [0.717, 1.165) is 21.6 Å². The van der Waals surface area contributed by atoms with Crippen LogP contribution in [-0.2, 0) is 6.54 Å². The molecule has 0 saturated heterocycles. The molecule has 0 unspecified atom stereocenters. The van der Waals surface area contributed by atoms with Crippen LogP contribution in [0.25, 0.3) is 0 Å². The van der Waals surface area contributed by atoms with Gasteiger partial charge in [-0.3, -0.25) is 0 Å². The Bertz CT molecular complexity index is 502. The van der Waals surface area contributed by atoms with Crippen LogP contribution in [-0.4, -0.2) is 12.1 Å².